The second-order valence-corrected chi connectivity index (χ2v) is 3.21. The number of carbonyl (C=O) groups is 1. The number of ether oxygens (including phenoxy) is 1. The molecule has 4 heteroatoms. The third-order valence-corrected chi connectivity index (χ3v) is 2.33. The Morgan fingerprint density at radius 2 is 2.21 bits per heavy atom. The first-order valence-corrected chi connectivity index (χ1v) is 4.57. The topological polar surface area (TPSA) is 46.5 Å². The summed E-state index contributed by atoms with van der Waals surface area (Å²) in [6.45, 7) is 1.95. The Hall–Kier alpha value is -1.22. The van der Waals surface area contributed by atoms with Gasteiger partial charge >= 0.3 is 5.97 Å². The standard InChI is InChI=1S/C10H11ClO3/c1-3-6-4-9(14-2)7(10(12)13)5-8(6)11/h4-5H,3H2,1-2H3,(H,12,13). The molecule has 0 heterocycles. The predicted octanol–water partition coefficient (Wildman–Crippen LogP) is 2.61. The van der Waals surface area contributed by atoms with Gasteiger partial charge in [0.05, 0.1) is 7.11 Å². The molecular weight excluding hydrogens is 204 g/mol. The fraction of sp³-hybridized carbons (Fsp3) is 0.300. The van der Waals surface area contributed by atoms with Crippen molar-refractivity contribution < 1.29 is 14.6 Å². The summed E-state index contributed by atoms with van der Waals surface area (Å²) < 4.78 is 4.96. The second-order valence-electron chi connectivity index (χ2n) is 2.80. The van der Waals surface area contributed by atoms with Gasteiger partial charge in [-0.05, 0) is 24.1 Å². The molecule has 1 rings (SSSR count). The van der Waals surface area contributed by atoms with E-state index in [0.717, 1.165) is 12.0 Å². The molecule has 1 aromatic rings. The highest BCUT2D eigenvalue weighted by atomic mass is 35.5. The van der Waals surface area contributed by atoms with E-state index in [0.29, 0.717) is 10.8 Å². The van der Waals surface area contributed by atoms with Crippen LogP contribution in [0.15, 0.2) is 12.1 Å². The van der Waals surface area contributed by atoms with Crippen LogP contribution in [0.4, 0.5) is 0 Å². The molecule has 3 nitrogen and oxygen atoms in total. The molecule has 1 aromatic carbocycles. The van der Waals surface area contributed by atoms with Gasteiger partial charge in [-0.3, -0.25) is 0 Å². The van der Waals surface area contributed by atoms with E-state index in [2.05, 4.69) is 0 Å². The molecule has 0 saturated heterocycles. The van der Waals surface area contributed by atoms with E-state index in [1.165, 1.54) is 13.2 Å². The van der Waals surface area contributed by atoms with Crippen molar-refractivity contribution in [3.63, 3.8) is 0 Å². The van der Waals surface area contributed by atoms with Gasteiger partial charge in [0.2, 0.25) is 0 Å². The molecule has 0 aliphatic heterocycles. The van der Waals surface area contributed by atoms with Crippen molar-refractivity contribution in [3.05, 3.63) is 28.3 Å². The summed E-state index contributed by atoms with van der Waals surface area (Å²) in [5.74, 6) is -0.690. The lowest BCUT2D eigenvalue weighted by Crippen LogP contribution is -2.01. The van der Waals surface area contributed by atoms with E-state index in [1.807, 2.05) is 6.92 Å². The number of halogens is 1. The molecule has 76 valence electrons. The molecule has 0 spiro atoms. The van der Waals surface area contributed by atoms with Crippen LogP contribution in [0, 0.1) is 0 Å². The van der Waals surface area contributed by atoms with Crippen LogP contribution in [0.3, 0.4) is 0 Å². The van der Waals surface area contributed by atoms with E-state index in [1.54, 1.807) is 6.07 Å². The number of hydrogen-bond acceptors (Lipinski definition) is 2. The quantitative estimate of drug-likeness (QED) is 0.842. The summed E-state index contributed by atoms with van der Waals surface area (Å²) in [6, 6.07) is 3.08. The third kappa shape index (κ3) is 1.99. The number of aryl methyl sites for hydroxylation is 1. The van der Waals surface area contributed by atoms with Crippen molar-refractivity contribution in [1.82, 2.24) is 0 Å². The number of carboxylic acid groups (broad SMARTS) is 1. The molecule has 0 unspecified atom stereocenters. The Kier molecular flexibility index (Phi) is 3.36. The van der Waals surface area contributed by atoms with Crippen molar-refractivity contribution in [2.75, 3.05) is 7.11 Å². The number of benzene rings is 1. The van der Waals surface area contributed by atoms with Crippen molar-refractivity contribution in [3.8, 4) is 5.75 Å². The minimum absolute atomic E-state index is 0.0923. The van der Waals surface area contributed by atoms with Gasteiger partial charge in [-0.15, -0.1) is 0 Å². The van der Waals surface area contributed by atoms with Crippen molar-refractivity contribution >= 4 is 17.6 Å². The predicted molar refractivity (Wildman–Crippen MR) is 54.3 cm³/mol. The second kappa shape index (κ2) is 4.33. The Morgan fingerprint density at radius 3 is 2.64 bits per heavy atom. The average Bonchev–Trinajstić information content (AvgIpc) is 2.17. The lowest BCUT2D eigenvalue weighted by molar-refractivity contribution is 0.0693. The Labute approximate surface area is 87.3 Å². The highest BCUT2D eigenvalue weighted by Crippen LogP contribution is 2.27. The average molecular weight is 215 g/mol. The van der Waals surface area contributed by atoms with Crippen LogP contribution in [0.1, 0.15) is 22.8 Å². The van der Waals surface area contributed by atoms with Crippen LogP contribution in [0.5, 0.6) is 5.75 Å². The third-order valence-electron chi connectivity index (χ3n) is 1.98. The van der Waals surface area contributed by atoms with Gasteiger partial charge in [0.15, 0.2) is 0 Å². The monoisotopic (exact) mass is 214 g/mol. The normalized spacial score (nSPS) is 9.93. The molecular formula is C10H11ClO3. The maximum atomic E-state index is 10.8. The SMILES string of the molecule is CCc1cc(OC)c(C(=O)O)cc1Cl. The van der Waals surface area contributed by atoms with Gasteiger partial charge in [-0.1, -0.05) is 18.5 Å². The Bertz CT molecular complexity index is 361. The minimum Gasteiger partial charge on any atom is -0.496 e. The molecule has 0 fully saturated rings. The summed E-state index contributed by atoms with van der Waals surface area (Å²) >= 11 is 5.88. The van der Waals surface area contributed by atoms with Crippen LogP contribution < -0.4 is 4.74 Å². The molecule has 0 bridgehead atoms. The lowest BCUT2D eigenvalue weighted by Gasteiger charge is -2.08. The van der Waals surface area contributed by atoms with Crippen LogP contribution >= 0.6 is 11.6 Å². The van der Waals surface area contributed by atoms with E-state index >= 15 is 0 Å². The molecule has 14 heavy (non-hydrogen) atoms. The fourth-order valence-corrected chi connectivity index (χ4v) is 1.50. The number of aromatic carboxylic acids is 1. The van der Waals surface area contributed by atoms with E-state index in [-0.39, 0.29) is 5.56 Å². The summed E-state index contributed by atoms with van der Waals surface area (Å²) in [5, 5.41) is 9.31. The highest BCUT2D eigenvalue weighted by molar-refractivity contribution is 6.31. The molecule has 0 aromatic heterocycles. The number of carboxylic acids is 1. The van der Waals surface area contributed by atoms with E-state index in [4.69, 9.17) is 21.4 Å². The first-order chi connectivity index (χ1) is 6.60. The lowest BCUT2D eigenvalue weighted by atomic mass is 10.1. The van der Waals surface area contributed by atoms with Crippen LogP contribution in [0.25, 0.3) is 0 Å². The zero-order valence-electron chi connectivity index (χ0n) is 8.00. The van der Waals surface area contributed by atoms with Crippen molar-refractivity contribution in [1.29, 1.82) is 0 Å². The van der Waals surface area contributed by atoms with Gasteiger partial charge in [0.25, 0.3) is 0 Å². The van der Waals surface area contributed by atoms with Gasteiger partial charge in [0, 0.05) is 5.02 Å². The highest BCUT2D eigenvalue weighted by Gasteiger charge is 2.13. The first kappa shape index (κ1) is 10.9. The van der Waals surface area contributed by atoms with E-state index in [9.17, 15) is 4.79 Å². The number of methoxy groups -OCH3 is 1. The maximum absolute atomic E-state index is 10.8. The Morgan fingerprint density at radius 1 is 1.57 bits per heavy atom. The summed E-state index contributed by atoms with van der Waals surface area (Å²) in [5.41, 5.74) is 0.975. The maximum Gasteiger partial charge on any atom is 0.339 e. The van der Waals surface area contributed by atoms with Crippen LogP contribution in [-0.4, -0.2) is 18.2 Å². The zero-order valence-corrected chi connectivity index (χ0v) is 8.76. The molecule has 0 amide bonds. The molecule has 0 saturated carbocycles. The molecule has 0 radical (unpaired) electrons. The van der Waals surface area contributed by atoms with Crippen LogP contribution in [0.2, 0.25) is 5.02 Å². The number of rotatable bonds is 3. The molecule has 0 aliphatic rings. The van der Waals surface area contributed by atoms with Crippen molar-refractivity contribution in [2.45, 2.75) is 13.3 Å². The van der Waals surface area contributed by atoms with Crippen molar-refractivity contribution in [2.24, 2.45) is 0 Å². The van der Waals surface area contributed by atoms with Crippen LogP contribution in [-0.2, 0) is 6.42 Å². The van der Waals surface area contributed by atoms with E-state index < -0.39 is 5.97 Å². The first-order valence-electron chi connectivity index (χ1n) is 4.19. The molecule has 0 aliphatic carbocycles. The summed E-state index contributed by atoms with van der Waals surface area (Å²) in [4.78, 5) is 10.8. The number of hydrogen-bond donors (Lipinski definition) is 1. The zero-order chi connectivity index (χ0) is 10.7. The van der Waals surface area contributed by atoms with Gasteiger partial charge in [0.1, 0.15) is 11.3 Å². The fourth-order valence-electron chi connectivity index (χ4n) is 1.20. The van der Waals surface area contributed by atoms with Gasteiger partial charge in [-0.25, -0.2) is 4.79 Å². The molecule has 1 N–H and O–H groups in total. The largest absolute Gasteiger partial charge is 0.496 e. The minimum atomic E-state index is -1.04. The van der Waals surface area contributed by atoms with Gasteiger partial charge < -0.3 is 9.84 Å². The summed E-state index contributed by atoms with van der Waals surface area (Å²) in [7, 11) is 1.44. The molecule has 0 atom stereocenters. The smallest absolute Gasteiger partial charge is 0.339 e. The summed E-state index contributed by atoms with van der Waals surface area (Å²) in [6.07, 6.45) is 0.745. The van der Waals surface area contributed by atoms with Gasteiger partial charge in [-0.2, -0.15) is 0 Å². The Balaban J connectivity index is 3.31.